The first kappa shape index (κ1) is 28.1. The molecule has 2 aliphatic carbocycles. The van der Waals surface area contributed by atoms with Crippen LogP contribution in [-0.2, 0) is 20.4 Å². The van der Waals surface area contributed by atoms with Gasteiger partial charge >= 0.3 is 0 Å². The van der Waals surface area contributed by atoms with Crippen LogP contribution in [0.15, 0.2) is 84.9 Å². The van der Waals surface area contributed by atoms with E-state index in [-0.39, 0.29) is 16.7 Å². The number of anilines is 1. The molecule has 5 rings (SSSR count). The van der Waals surface area contributed by atoms with Gasteiger partial charge in [-0.3, -0.25) is 9.59 Å². The maximum Gasteiger partial charge on any atom is 0.224 e. The summed E-state index contributed by atoms with van der Waals surface area (Å²) in [4.78, 5) is 23.5. The molecule has 2 fully saturated rings. The Morgan fingerprint density at radius 2 is 1.32 bits per heavy atom. The summed E-state index contributed by atoms with van der Waals surface area (Å²) in [6, 6.07) is 28.6. The molecule has 38 heavy (non-hydrogen) atoms. The fourth-order valence-electron chi connectivity index (χ4n) is 5.90. The van der Waals surface area contributed by atoms with Gasteiger partial charge in [0.1, 0.15) is 5.78 Å². The summed E-state index contributed by atoms with van der Waals surface area (Å²) in [5, 5.41) is 3.60. The van der Waals surface area contributed by atoms with E-state index in [1.165, 1.54) is 11.1 Å². The number of hydrogen-bond donors (Lipinski definition) is 1. The normalized spacial score (nSPS) is 22.6. The molecule has 0 saturated heterocycles. The minimum atomic E-state index is 0.0885. The number of carbonyl (C=O) groups is 2. The molecule has 1 N–H and O–H groups in total. The number of ketones is 1. The molecule has 2 saturated carbocycles. The third kappa shape index (κ3) is 7.57. The van der Waals surface area contributed by atoms with Crippen molar-refractivity contribution in [1.29, 1.82) is 0 Å². The maximum absolute atomic E-state index is 12.3. The Morgan fingerprint density at radius 3 is 1.84 bits per heavy atom. The summed E-state index contributed by atoms with van der Waals surface area (Å²) in [5.41, 5.74) is 4.06. The van der Waals surface area contributed by atoms with Crippen molar-refractivity contribution in [3.8, 4) is 0 Å². The lowest BCUT2D eigenvalue weighted by molar-refractivity contribution is -0.121. The predicted molar refractivity (Wildman–Crippen MR) is 158 cm³/mol. The van der Waals surface area contributed by atoms with Crippen LogP contribution in [0.5, 0.6) is 0 Å². The first-order valence-electron chi connectivity index (χ1n) is 13.9. The van der Waals surface area contributed by atoms with Crippen molar-refractivity contribution in [2.75, 3.05) is 5.32 Å². The Morgan fingerprint density at radius 1 is 0.789 bits per heavy atom. The van der Waals surface area contributed by atoms with Gasteiger partial charge in [0.2, 0.25) is 5.91 Å². The van der Waals surface area contributed by atoms with E-state index in [2.05, 4.69) is 73.8 Å². The van der Waals surface area contributed by atoms with Gasteiger partial charge in [0.05, 0.1) is 0 Å². The molecule has 0 unspecified atom stereocenters. The van der Waals surface area contributed by atoms with Crippen molar-refractivity contribution in [1.82, 2.24) is 0 Å². The van der Waals surface area contributed by atoms with E-state index in [1.807, 2.05) is 24.3 Å². The lowest BCUT2D eigenvalue weighted by Crippen LogP contribution is -2.30. The van der Waals surface area contributed by atoms with Crippen LogP contribution in [0.2, 0.25) is 5.02 Å². The summed E-state index contributed by atoms with van der Waals surface area (Å²) >= 11 is 5.96. The molecule has 1 amide bonds. The van der Waals surface area contributed by atoms with Crippen molar-refractivity contribution >= 4 is 29.0 Å². The number of amides is 1. The number of Topliss-reactive ketones (excluding diaryl/α,β-unsaturated/α-hetero) is 1. The largest absolute Gasteiger partial charge is 0.326 e. The summed E-state index contributed by atoms with van der Waals surface area (Å²) in [5.74, 6) is 0.991. The average molecular weight is 530 g/mol. The van der Waals surface area contributed by atoms with Crippen LogP contribution in [0, 0.1) is 5.92 Å². The number of nitrogens with one attached hydrogen (secondary N) is 1. The van der Waals surface area contributed by atoms with E-state index >= 15 is 0 Å². The quantitative estimate of drug-likeness (QED) is 0.358. The van der Waals surface area contributed by atoms with Gasteiger partial charge in [-0.25, -0.2) is 0 Å². The van der Waals surface area contributed by atoms with Gasteiger partial charge in [-0.15, -0.1) is 0 Å². The Kier molecular flexibility index (Phi) is 9.44. The molecular weight excluding hydrogens is 490 g/mol. The fraction of sp³-hybridized carbons (Fsp3) is 0.412. The summed E-state index contributed by atoms with van der Waals surface area (Å²) < 4.78 is 0. The molecule has 3 aromatic carbocycles. The van der Waals surface area contributed by atoms with Crippen LogP contribution < -0.4 is 5.32 Å². The van der Waals surface area contributed by atoms with Crippen molar-refractivity contribution in [3.05, 3.63) is 101 Å². The Labute approximate surface area is 233 Å². The molecule has 2 aliphatic rings. The highest BCUT2D eigenvalue weighted by atomic mass is 35.5. The first-order chi connectivity index (χ1) is 18.3. The average Bonchev–Trinajstić information content (AvgIpc) is 2.93. The lowest BCUT2D eigenvalue weighted by atomic mass is 9.67. The van der Waals surface area contributed by atoms with Crippen LogP contribution >= 0.6 is 11.6 Å². The zero-order valence-electron chi connectivity index (χ0n) is 22.7. The van der Waals surface area contributed by atoms with E-state index in [4.69, 9.17) is 11.6 Å². The van der Waals surface area contributed by atoms with Crippen molar-refractivity contribution in [2.45, 2.75) is 82.5 Å². The molecule has 3 aromatic rings. The zero-order chi connectivity index (χ0) is 27.0. The van der Waals surface area contributed by atoms with E-state index in [0.717, 1.165) is 57.1 Å². The van der Waals surface area contributed by atoms with Gasteiger partial charge in [0.15, 0.2) is 0 Å². The summed E-state index contributed by atoms with van der Waals surface area (Å²) in [6.07, 6.45) is 8.63. The van der Waals surface area contributed by atoms with Gasteiger partial charge < -0.3 is 5.32 Å². The van der Waals surface area contributed by atoms with Gasteiger partial charge in [0, 0.05) is 30.0 Å². The van der Waals surface area contributed by atoms with Crippen LogP contribution in [-0.4, -0.2) is 11.7 Å². The number of benzene rings is 3. The van der Waals surface area contributed by atoms with E-state index in [9.17, 15) is 9.59 Å². The number of hydrogen-bond acceptors (Lipinski definition) is 2. The first-order valence-corrected chi connectivity index (χ1v) is 14.3. The smallest absolute Gasteiger partial charge is 0.224 e. The minimum Gasteiger partial charge on any atom is -0.326 e. The molecule has 200 valence electrons. The van der Waals surface area contributed by atoms with Crippen LogP contribution in [0.1, 0.15) is 82.8 Å². The second-order valence-corrected chi connectivity index (χ2v) is 12.0. The third-order valence-corrected chi connectivity index (χ3v) is 8.88. The van der Waals surface area contributed by atoms with Gasteiger partial charge in [0.25, 0.3) is 0 Å². The molecule has 0 aromatic heterocycles. The highest BCUT2D eigenvalue weighted by Crippen LogP contribution is 2.42. The fourth-order valence-corrected chi connectivity index (χ4v) is 6.09. The molecule has 0 bridgehead atoms. The van der Waals surface area contributed by atoms with Crippen LogP contribution in [0.4, 0.5) is 5.69 Å². The SMILES string of the molecule is CC1(c2ccccc2)CCC(=O)CC1.CC1(c2ccccc2)CCC(CC(=O)Nc2cccc(Cl)c2)CC1. The molecule has 0 spiro atoms. The molecular formula is C34H40ClNO2. The van der Waals surface area contributed by atoms with E-state index in [1.54, 1.807) is 6.07 Å². The second-order valence-electron chi connectivity index (χ2n) is 11.6. The zero-order valence-corrected chi connectivity index (χ0v) is 23.5. The molecule has 0 heterocycles. The molecule has 0 radical (unpaired) electrons. The molecule has 0 aliphatic heterocycles. The van der Waals surface area contributed by atoms with E-state index < -0.39 is 0 Å². The lowest BCUT2D eigenvalue weighted by Gasteiger charge is -2.37. The van der Waals surface area contributed by atoms with Crippen molar-refractivity contribution in [2.24, 2.45) is 5.92 Å². The Bertz CT molecular complexity index is 1190. The van der Waals surface area contributed by atoms with Gasteiger partial charge in [-0.1, -0.05) is 92.2 Å². The van der Waals surface area contributed by atoms with Crippen molar-refractivity contribution < 1.29 is 9.59 Å². The van der Waals surface area contributed by atoms with E-state index in [0.29, 0.717) is 23.1 Å². The number of carbonyl (C=O) groups excluding carboxylic acids is 2. The van der Waals surface area contributed by atoms with Crippen molar-refractivity contribution in [3.63, 3.8) is 0 Å². The summed E-state index contributed by atoms with van der Waals surface area (Å²) in [7, 11) is 0. The van der Waals surface area contributed by atoms with Crippen LogP contribution in [0.25, 0.3) is 0 Å². The Hall–Kier alpha value is -2.91. The molecule has 4 heteroatoms. The van der Waals surface area contributed by atoms with Crippen LogP contribution in [0.3, 0.4) is 0 Å². The molecule has 0 atom stereocenters. The van der Waals surface area contributed by atoms with Gasteiger partial charge in [-0.05, 0) is 84.6 Å². The standard InChI is InChI=1S/C21H24ClNO.C13H16O/c1-21(17-6-3-2-4-7-17)12-10-16(11-13-21)14-20(24)23-19-9-5-8-18(22)15-19;1-13(9-7-12(14)8-10-13)11-5-3-2-4-6-11/h2-9,15-16H,10-14H2,1H3,(H,23,24);2-6H,7-10H2,1H3. The monoisotopic (exact) mass is 529 g/mol. The highest BCUT2D eigenvalue weighted by Gasteiger charge is 2.33. The van der Waals surface area contributed by atoms with Gasteiger partial charge in [-0.2, -0.15) is 0 Å². The Balaban J connectivity index is 0.000000204. The molecule has 3 nitrogen and oxygen atoms in total. The minimum absolute atomic E-state index is 0.0885. The third-order valence-electron chi connectivity index (χ3n) is 8.64. The number of rotatable bonds is 5. The number of halogens is 1. The highest BCUT2D eigenvalue weighted by molar-refractivity contribution is 6.30. The predicted octanol–water partition coefficient (Wildman–Crippen LogP) is 8.90. The maximum atomic E-state index is 12.3. The summed E-state index contributed by atoms with van der Waals surface area (Å²) in [6.45, 7) is 4.62. The second kappa shape index (κ2) is 12.8. The topological polar surface area (TPSA) is 46.2 Å².